The molecule has 1 atom stereocenters. The lowest BCUT2D eigenvalue weighted by atomic mass is 9.91. The molecule has 5 heteroatoms. The van der Waals surface area contributed by atoms with Crippen LogP contribution in [0.25, 0.3) is 11.1 Å². The third kappa shape index (κ3) is 4.40. The van der Waals surface area contributed by atoms with Crippen LogP contribution >= 0.6 is 0 Å². The fraction of sp³-hybridized carbons (Fsp3) is 0.240. The van der Waals surface area contributed by atoms with Crippen molar-refractivity contribution in [2.45, 2.75) is 13.3 Å². The van der Waals surface area contributed by atoms with Gasteiger partial charge in [-0.2, -0.15) is 0 Å². The largest absolute Gasteiger partial charge is 0.354 e. The van der Waals surface area contributed by atoms with Gasteiger partial charge < -0.3 is 10.2 Å². The monoisotopic (exact) mass is 399 g/mol. The first-order valence-corrected chi connectivity index (χ1v) is 10.2. The Bertz CT molecular complexity index is 1030. The number of pyridine rings is 1. The van der Waals surface area contributed by atoms with Gasteiger partial charge in [-0.25, -0.2) is 0 Å². The van der Waals surface area contributed by atoms with Gasteiger partial charge in [0.25, 0.3) is 5.91 Å². The van der Waals surface area contributed by atoms with Crippen LogP contribution in [-0.2, 0) is 11.2 Å². The number of aromatic nitrogens is 1. The maximum absolute atomic E-state index is 12.9. The van der Waals surface area contributed by atoms with Crippen LogP contribution in [0.4, 0.5) is 0 Å². The van der Waals surface area contributed by atoms with Crippen molar-refractivity contribution < 1.29 is 9.59 Å². The Labute approximate surface area is 176 Å². The first-order chi connectivity index (χ1) is 14.6. The summed E-state index contributed by atoms with van der Waals surface area (Å²) in [5.74, 6) is -0.366. The average Bonchev–Trinajstić information content (AvgIpc) is 2.96. The minimum atomic E-state index is -0.301. The number of nitrogens with one attached hydrogen (secondary N) is 1. The highest BCUT2D eigenvalue weighted by atomic mass is 16.2. The molecule has 30 heavy (non-hydrogen) atoms. The summed E-state index contributed by atoms with van der Waals surface area (Å²) in [4.78, 5) is 31.4. The molecule has 1 aliphatic heterocycles. The fourth-order valence-electron chi connectivity index (χ4n) is 3.90. The Morgan fingerprint density at radius 3 is 2.57 bits per heavy atom. The molecule has 1 aliphatic rings. The first kappa shape index (κ1) is 19.8. The predicted octanol–water partition coefficient (Wildman–Crippen LogP) is 3.49. The van der Waals surface area contributed by atoms with E-state index in [0.29, 0.717) is 31.6 Å². The summed E-state index contributed by atoms with van der Waals surface area (Å²) in [6.07, 6.45) is 3.81. The van der Waals surface area contributed by atoms with E-state index in [4.69, 9.17) is 0 Å². The minimum absolute atomic E-state index is 0.00117. The Balaban J connectivity index is 1.58. The zero-order chi connectivity index (χ0) is 20.9. The summed E-state index contributed by atoms with van der Waals surface area (Å²) in [7, 11) is 0. The number of hydrogen-bond acceptors (Lipinski definition) is 3. The van der Waals surface area contributed by atoms with E-state index in [1.165, 1.54) is 5.56 Å². The molecular weight excluding hydrogens is 374 g/mol. The summed E-state index contributed by atoms with van der Waals surface area (Å²) in [5.41, 5.74) is 5.18. The molecule has 1 N–H and O–H groups in total. The van der Waals surface area contributed by atoms with Crippen molar-refractivity contribution in [3.8, 4) is 11.1 Å². The summed E-state index contributed by atoms with van der Waals surface area (Å²) < 4.78 is 0. The van der Waals surface area contributed by atoms with Crippen molar-refractivity contribution in [2.24, 2.45) is 5.92 Å². The first-order valence-electron chi connectivity index (χ1n) is 10.2. The van der Waals surface area contributed by atoms with Gasteiger partial charge in [0.2, 0.25) is 5.91 Å². The Hall–Kier alpha value is -3.47. The lowest BCUT2D eigenvalue weighted by Gasteiger charge is -2.24. The van der Waals surface area contributed by atoms with Crippen LogP contribution in [0.3, 0.4) is 0 Å². The molecule has 152 valence electrons. The Kier molecular flexibility index (Phi) is 5.89. The SMILES string of the molecule is Cc1ccc(-c2ccccc2C[C@H]2CN(C(=O)c3ccncc3)CCNC2=O)cc1. The summed E-state index contributed by atoms with van der Waals surface area (Å²) in [6.45, 7) is 3.43. The zero-order valence-electron chi connectivity index (χ0n) is 17.0. The molecule has 2 heterocycles. The summed E-state index contributed by atoms with van der Waals surface area (Å²) >= 11 is 0. The van der Waals surface area contributed by atoms with Gasteiger partial charge in [-0.1, -0.05) is 54.1 Å². The fourth-order valence-corrected chi connectivity index (χ4v) is 3.90. The molecule has 0 saturated carbocycles. The van der Waals surface area contributed by atoms with Crippen molar-refractivity contribution in [2.75, 3.05) is 19.6 Å². The molecule has 0 bridgehead atoms. The highest BCUT2D eigenvalue weighted by Crippen LogP contribution is 2.27. The molecule has 1 fully saturated rings. The van der Waals surface area contributed by atoms with E-state index in [1.54, 1.807) is 29.4 Å². The van der Waals surface area contributed by atoms with Crippen LogP contribution in [0.5, 0.6) is 0 Å². The third-order valence-electron chi connectivity index (χ3n) is 5.55. The van der Waals surface area contributed by atoms with Gasteiger partial charge in [0.05, 0.1) is 5.92 Å². The van der Waals surface area contributed by atoms with Crippen LogP contribution < -0.4 is 5.32 Å². The average molecular weight is 399 g/mol. The molecule has 0 radical (unpaired) electrons. The second-order valence-electron chi connectivity index (χ2n) is 7.70. The molecule has 2 amide bonds. The Morgan fingerprint density at radius 2 is 1.80 bits per heavy atom. The van der Waals surface area contributed by atoms with Crippen molar-refractivity contribution in [3.63, 3.8) is 0 Å². The van der Waals surface area contributed by atoms with Gasteiger partial charge in [0.1, 0.15) is 0 Å². The van der Waals surface area contributed by atoms with Gasteiger partial charge in [-0.3, -0.25) is 14.6 Å². The van der Waals surface area contributed by atoms with Gasteiger partial charge in [-0.05, 0) is 42.2 Å². The number of carbonyl (C=O) groups is 2. The zero-order valence-corrected chi connectivity index (χ0v) is 17.0. The van der Waals surface area contributed by atoms with Gasteiger partial charge in [0.15, 0.2) is 0 Å². The van der Waals surface area contributed by atoms with E-state index in [0.717, 1.165) is 16.7 Å². The maximum Gasteiger partial charge on any atom is 0.254 e. The van der Waals surface area contributed by atoms with E-state index >= 15 is 0 Å². The van der Waals surface area contributed by atoms with Crippen molar-refractivity contribution in [1.29, 1.82) is 0 Å². The number of carbonyl (C=O) groups excluding carboxylic acids is 2. The number of amides is 2. The Morgan fingerprint density at radius 1 is 1.07 bits per heavy atom. The molecule has 1 saturated heterocycles. The molecule has 0 unspecified atom stereocenters. The smallest absolute Gasteiger partial charge is 0.254 e. The molecule has 0 spiro atoms. The molecule has 0 aliphatic carbocycles. The van der Waals surface area contributed by atoms with Gasteiger partial charge in [-0.15, -0.1) is 0 Å². The normalized spacial score (nSPS) is 16.6. The number of rotatable bonds is 4. The molecule has 1 aromatic heterocycles. The lowest BCUT2D eigenvalue weighted by Crippen LogP contribution is -2.37. The lowest BCUT2D eigenvalue weighted by molar-refractivity contribution is -0.124. The predicted molar refractivity (Wildman–Crippen MR) is 117 cm³/mol. The van der Waals surface area contributed by atoms with Crippen molar-refractivity contribution in [1.82, 2.24) is 15.2 Å². The molecule has 2 aromatic carbocycles. The van der Waals surface area contributed by atoms with E-state index in [-0.39, 0.29) is 17.7 Å². The second-order valence-corrected chi connectivity index (χ2v) is 7.70. The van der Waals surface area contributed by atoms with E-state index < -0.39 is 0 Å². The van der Waals surface area contributed by atoms with Crippen LogP contribution in [0.2, 0.25) is 0 Å². The highest BCUT2D eigenvalue weighted by Gasteiger charge is 2.28. The van der Waals surface area contributed by atoms with Crippen molar-refractivity contribution in [3.05, 3.63) is 89.7 Å². The summed E-state index contributed by atoms with van der Waals surface area (Å²) in [5, 5.41) is 2.97. The van der Waals surface area contributed by atoms with Crippen LogP contribution in [0.15, 0.2) is 73.1 Å². The second kappa shape index (κ2) is 8.91. The topological polar surface area (TPSA) is 62.3 Å². The van der Waals surface area contributed by atoms with Crippen LogP contribution in [0.1, 0.15) is 21.5 Å². The minimum Gasteiger partial charge on any atom is -0.354 e. The number of nitrogens with zero attached hydrogens (tertiary/aromatic N) is 2. The van der Waals surface area contributed by atoms with Gasteiger partial charge in [0, 0.05) is 37.6 Å². The number of hydrogen-bond donors (Lipinski definition) is 1. The number of aryl methyl sites for hydroxylation is 1. The number of benzene rings is 2. The summed E-state index contributed by atoms with van der Waals surface area (Å²) in [6, 6.07) is 20.0. The van der Waals surface area contributed by atoms with E-state index in [2.05, 4.69) is 53.6 Å². The molecule has 5 nitrogen and oxygen atoms in total. The van der Waals surface area contributed by atoms with Crippen LogP contribution in [0, 0.1) is 12.8 Å². The van der Waals surface area contributed by atoms with Crippen molar-refractivity contribution >= 4 is 11.8 Å². The standard InChI is InChI=1S/C25H25N3O2/c1-18-6-8-19(9-7-18)23-5-3-2-4-21(23)16-22-17-28(15-14-27-24(22)29)25(30)20-10-12-26-13-11-20/h2-13,22H,14-17H2,1H3,(H,27,29)/t22-/m0/s1. The molecule has 4 rings (SSSR count). The van der Waals surface area contributed by atoms with E-state index in [9.17, 15) is 9.59 Å². The van der Waals surface area contributed by atoms with Crippen LogP contribution in [-0.4, -0.2) is 41.3 Å². The molecule has 3 aromatic rings. The maximum atomic E-state index is 12.9. The quantitative estimate of drug-likeness (QED) is 0.731. The third-order valence-corrected chi connectivity index (χ3v) is 5.55. The van der Waals surface area contributed by atoms with Gasteiger partial charge >= 0.3 is 0 Å². The van der Waals surface area contributed by atoms with E-state index in [1.807, 2.05) is 12.1 Å². The highest BCUT2D eigenvalue weighted by molar-refractivity contribution is 5.94. The molecular formula is C25H25N3O2.